The Hall–Kier alpha value is -3.14. The third-order valence-corrected chi connectivity index (χ3v) is 6.09. The van der Waals surface area contributed by atoms with E-state index < -0.39 is 47.9 Å². The van der Waals surface area contributed by atoms with Gasteiger partial charge in [0, 0.05) is 0 Å². The average molecular weight is 507 g/mol. The molecule has 0 bridgehead atoms. The zero-order chi connectivity index (χ0) is 27.6. The van der Waals surface area contributed by atoms with Crippen molar-refractivity contribution in [1.82, 2.24) is 16.0 Å². The van der Waals surface area contributed by atoms with Gasteiger partial charge in [0.15, 0.2) is 0 Å². The first kappa shape index (κ1) is 30.9. The van der Waals surface area contributed by atoms with Crippen LogP contribution in [-0.4, -0.2) is 58.1 Å². The van der Waals surface area contributed by atoms with Crippen molar-refractivity contribution in [3.8, 4) is 5.75 Å². The quantitative estimate of drug-likeness (QED) is 0.222. The zero-order valence-corrected chi connectivity index (χ0v) is 22.1. The van der Waals surface area contributed by atoms with Gasteiger partial charge in [-0.3, -0.25) is 14.4 Å². The van der Waals surface area contributed by atoms with Gasteiger partial charge in [-0.05, 0) is 48.3 Å². The summed E-state index contributed by atoms with van der Waals surface area (Å²) < 4.78 is 0. The molecule has 1 aromatic carbocycles. The SMILES string of the molecule is CCC(C)C(NC(=O)C(NC(=O)C(CC(C)C)NC(=O)C(N)Cc1ccc(O)cc1)C(C)C)C(=O)O. The van der Waals surface area contributed by atoms with Gasteiger partial charge in [-0.1, -0.05) is 60.1 Å². The van der Waals surface area contributed by atoms with E-state index >= 15 is 0 Å². The summed E-state index contributed by atoms with van der Waals surface area (Å²) in [6.07, 6.45) is 1.09. The van der Waals surface area contributed by atoms with Crippen molar-refractivity contribution in [2.24, 2.45) is 23.5 Å². The first-order chi connectivity index (χ1) is 16.8. The van der Waals surface area contributed by atoms with E-state index in [-0.39, 0.29) is 29.9 Å². The maximum atomic E-state index is 13.2. The molecule has 202 valence electrons. The van der Waals surface area contributed by atoms with Gasteiger partial charge in [0.25, 0.3) is 0 Å². The minimum absolute atomic E-state index is 0.0579. The standard InChI is InChI=1S/C26H42N4O6/c1-7-16(6)22(26(35)36)30-25(34)21(15(4)5)29-24(33)20(12-14(2)3)28-23(32)19(27)13-17-8-10-18(31)11-9-17/h8-11,14-16,19-22,31H,7,12-13,27H2,1-6H3,(H,28,32)(H,29,33)(H,30,34)(H,35,36). The number of nitrogens with two attached hydrogens (primary N) is 1. The van der Waals surface area contributed by atoms with E-state index in [9.17, 15) is 29.4 Å². The summed E-state index contributed by atoms with van der Waals surface area (Å²) in [5.74, 6) is -3.25. The maximum absolute atomic E-state index is 13.2. The van der Waals surface area contributed by atoms with Crippen LogP contribution in [0.2, 0.25) is 0 Å². The van der Waals surface area contributed by atoms with E-state index in [1.54, 1.807) is 32.9 Å². The number of carbonyl (C=O) groups excluding carboxylic acids is 3. The lowest BCUT2D eigenvalue weighted by Gasteiger charge is -2.28. The predicted molar refractivity (Wildman–Crippen MR) is 137 cm³/mol. The van der Waals surface area contributed by atoms with Crippen molar-refractivity contribution in [3.05, 3.63) is 29.8 Å². The summed E-state index contributed by atoms with van der Waals surface area (Å²) in [7, 11) is 0. The van der Waals surface area contributed by atoms with Gasteiger partial charge in [0.2, 0.25) is 17.7 Å². The molecule has 0 aromatic heterocycles. The number of rotatable bonds is 14. The van der Waals surface area contributed by atoms with Gasteiger partial charge in [-0.15, -0.1) is 0 Å². The van der Waals surface area contributed by atoms with Crippen LogP contribution in [-0.2, 0) is 25.6 Å². The van der Waals surface area contributed by atoms with Crippen molar-refractivity contribution in [2.75, 3.05) is 0 Å². The second-order valence-corrected chi connectivity index (χ2v) is 10.1. The number of hydrogen-bond donors (Lipinski definition) is 6. The molecule has 1 aromatic rings. The van der Waals surface area contributed by atoms with Gasteiger partial charge in [-0.2, -0.15) is 0 Å². The first-order valence-electron chi connectivity index (χ1n) is 12.4. The third-order valence-electron chi connectivity index (χ3n) is 6.09. The minimum Gasteiger partial charge on any atom is -0.508 e. The molecule has 10 nitrogen and oxygen atoms in total. The molecular formula is C26H42N4O6. The molecule has 5 atom stereocenters. The molecule has 1 rings (SSSR count). The van der Waals surface area contributed by atoms with Crippen molar-refractivity contribution in [1.29, 1.82) is 0 Å². The van der Waals surface area contributed by atoms with Crippen LogP contribution in [0.25, 0.3) is 0 Å². The number of phenols is 1. The lowest BCUT2D eigenvalue weighted by molar-refractivity contribution is -0.144. The monoisotopic (exact) mass is 506 g/mol. The molecule has 0 spiro atoms. The molecule has 0 fully saturated rings. The third kappa shape index (κ3) is 9.85. The van der Waals surface area contributed by atoms with Crippen LogP contribution in [0.5, 0.6) is 5.75 Å². The lowest BCUT2D eigenvalue weighted by Crippen LogP contribution is -2.59. The number of carboxylic acid groups (broad SMARTS) is 1. The summed E-state index contributed by atoms with van der Waals surface area (Å²) in [6, 6.07) is 2.41. The van der Waals surface area contributed by atoms with Crippen LogP contribution in [0.1, 0.15) is 59.9 Å². The minimum atomic E-state index is -1.14. The predicted octanol–water partition coefficient (Wildman–Crippen LogP) is 1.55. The fourth-order valence-electron chi connectivity index (χ4n) is 3.68. The molecule has 3 amide bonds. The summed E-state index contributed by atoms with van der Waals surface area (Å²) in [6.45, 7) is 10.9. The van der Waals surface area contributed by atoms with Crippen LogP contribution in [0.4, 0.5) is 0 Å². The molecule has 7 N–H and O–H groups in total. The number of carbonyl (C=O) groups is 4. The van der Waals surface area contributed by atoms with E-state index in [1.807, 2.05) is 20.8 Å². The molecule has 0 aliphatic heterocycles. The van der Waals surface area contributed by atoms with Crippen molar-refractivity contribution < 1.29 is 29.4 Å². The van der Waals surface area contributed by atoms with Gasteiger partial charge in [0.05, 0.1) is 6.04 Å². The number of nitrogens with one attached hydrogen (secondary N) is 3. The number of aliphatic carboxylic acids is 1. The molecule has 5 unspecified atom stereocenters. The molecule has 0 radical (unpaired) electrons. The highest BCUT2D eigenvalue weighted by Gasteiger charge is 2.33. The number of phenolic OH excluding ortho intramolecular Hbond substituents is 1. The van der Waals surface area contributed by atoms with Gasteiger partial charge < -0.3 is 31.9 Å². The number of hydrogen-bond acceptors (Lipinski definition) is 6. The Labute approximate surface area is 213 Å². The first-order valence-corrected chi connectivity index (χ1v) is 12.4. The average Bonchev–Trinajstić information content (AvgIpc) is 2.80. The molecule has 0 aliphatic carbocycles. The molecule has 0 heterocycles. The largest absolute Gasteiger partial charge is 0.508 e. The van der Waals surface area contributed by atoms with E-state index in [2.05, 4.69) is 16.0 Å². The summed E-state index contributed by atoms with van der Waals surface area (Å²) in [5.41, 5.74) is 6.82. The zero-order valence-electron chi connectivity index (χ0n) is 22.1. The highest BCUT2D eigenvalue weighted by molar-refractivity contribution is 5.94. The molecular weight excluding hydrogens is 464 g/mol. The van der Waals surface area contributed by atoms with E-state index in [1.165, 1.54) is 12.1 Å². The van der Waals surface area contributed by atoms with Crippen molar-refractivity contribution >= 4 is 23.7 Å². The Morgan fingerprint density at radius 3 is 1.89 bits per heavy atom. The number of carboxylic acids is 1. The van der Waals surface area contributed by atoms with Gasteiger partial charge in [-0.25, -0.2) is 4.79 Å². The highest BCUT2D eigenvalue weighted by atomic mass is 16.4. The Morgan fingerprint density at radius 1 is 0.861 bits per heavy atom. The number of amides is 3. The lowest BCUT2D eigenvalue weighted by atomic mass is 9.96. The fraction of sp³-hybridized carbons (Fsp3) is 0.615. The van der Waals surface area contributed by atoms with Crippen LogP contribution in [0.3, 0.4) is 0 Å². The van der Waals surface area contributed by atoms with E-state index in [0.717, 1.165) is 5.56 Å². The molecule has 0 saturated heterocycles. The van der Waals surface area contributed by atoms with Crippen LogP contribution in [0, 0.1) is 17.8 Å². The Kier molecular flexibility index (Phi) is 12.4. The molecule has 36 heavy (non-hydrogen) atoms. The Bertz CT molecular complexity index is 887. The van der Waals surface area contributed by atoms with Gasteiger partial charge >= 0.3 is 5.97 Å². The highest BCUT2D eigenvalue weighted by Crippen LogP contribution is 2.13. The number of aromatic hydroxyl groups is 1. The molecule has 0 aliphatic rings. The van der Waals surface area contributed by atoms with Crippen LogP contribution in [0.15, 0.2) is 24.3 Å². The van der Waals surface area contributed by atoms with Crippen molar-refractivity contribution in [2.45, 2.75) is 85.0 Å². The normalized spacial score (nSPS) is 15.5. The topological polar surface area (TPSA) is 171 Å². The second kappa shape index (κ2) is 14.4. The summed E-state index contributed by atoms with van der Waals surface area (Å²) >= 11 is 0. The fourth-order valence-corrected chi connectivity index (χ4v) is 3.68. The van der Waals surface area contributed by atoms with Gasteiger partial charge in [0.1, 0.15) is 23.9 Å². The molecule has 0 saturated carbocycles. The Balaban J connectivity index is 2.95. The van der Waals surface area contributed by atoms with Crippen LogP contribution < -0.4 is 21.7 Å². The molecule has 10 heteroatoms. The maximum Gasteiger partial charge on any atom is 0.326 e. The van der Waals surface area contributed by atoms with E-state index in [0.29, 0.717) is 12.8 Å². The summed E-state index contributed by atoms with van der Waals surface area (Å²) in [5, 5.41) is 26.9. The smallest absolute Gasteiger partial charge is 0.326 e. The second-order valence-electron chi connectivity index (χ2n) is 10.1. The number of benzene rings is 1. The Morgan fingerprint density at radius 2 is 1.42 bits per heavy atom. The summed E-state index contributed by atoms with van der Waals surface area (Å²) in [4.78, 5) is 50.5. The van der Waals surface area contributed by atoms with Crippen molar-refractivity contribution in [3.63, 3.8) is 0 Å². The van der Waals surface area contributed by atoms with Crippen LogP contribution >= 0.6 is 0 Å². The van der Waals surface area contributed by atoms with E-state index in [4.69, 9.17) is 5.73 Å².